The van der Waals surface area contributed by atoms with Gasteiger partial charge in [-0.1, -0.05) is 12.8 Å². The van der Waals surface area contributed by atoms with Gasteiger partial charge in [-0.05, 0) is 25.0 Å². The lowest BCUT2D eigenvalue weighted by atomic mass is 10.2. The molecule has 2 amide bonds. The zero-order valence-corrected chi connectivity index (χ0v) is 13.4. The van der Waals surface area contributed by atoms with Gasteiger partial charge in [0.2, 0.25) is 18.6 Å². The summed E-state index contributed by atoms with van der Waals surface area (Å²) in [5, 5.41) is 0. The van der Waals surface area contributed by atoms with E-state index in [1.807, 2.05) is 4.90 Å². The van der Waals surface area contributed by atoms with E-state index in [1.54, 1.807) is 18.2 Å². The Bertz CT molecular complexity index is 594. The van der Waals surface area contributed by atoms with Crippen molar-refractivity contribution in [1.82, 2.24) is 4.90 Å². The zero-order valence-electron chi connectivity index (χ0n) is 13.4. The number of likely N-dealkylation sites (tertiary alicyclic amines) is 1. The molecule has 0 bridgehead atoms. The predicted molar refractivity (Wildman–Crippen MR) is 85.6 cm³/mol. The van der Waals surface area contributed by atoms with E-state index in [1.165, 1.54) is 24.7 Å². The summed E-state index contributed by atoms with van der Waals surface area (Å²) in [5.74, 6) is 1.11. The summed E-state index contributed by atoms with van der Waals surface area (Å²) in [6.45, 7) is 3.29. The number of amides is 2. The van der Waals surface area contributed by atoms with Gasteiger partial charge in [0.15, 0.2) is 11.5 Å². The molecule has 0 aliphatic carbocycles. The fourth-order valence-corrected chi connectivity index (χ4v) is 2.99. The maximum atomic E-state index is 12.5. The van der Waals surface area contributed by atoms with Crippen molar-refractivity contribution in [3.63, 3.8) is 0 Å². The average molecular weight is 318 g/mol. The second-order valence-electron chi connectivity index (χ2n) is 5.94. The van der Waals surface area contributed by atoms with Crippen molar-refractivity contribution in [3.8, 4) is 11.5 Å². The lowest BCUT2D eigenvalue weighted by molar-refractivity contribution is -0.131. The van der Waals surface area contributed by atoms with E-state index in [-0.39, 0.29) is 25.2 Å². The number of rotatable bonds is 3. The summed E-state index contributed by atoms with van der Waals surface area (Å²) >= 11 is 0. The molecule has 1 aromatic carbocycles. The summed E-state index contributed by atoms with van der Waals surface area (Å²) in [4.78, 5) is 27.9. The molecule has 3 rings (SSSR count). The fraction of sp³-hybridized carbons (Fsp3) is 0.529. The van der Waals surface area contributed by atoms with Crippen LogP contribution in [-0.4, -0.2) is 43.1 Å². The summed E-state index contributed by atoms with van der Waals surface area (Å²) in [6, 6.07) is 5.30. The number of hydrogen-bond acceptors (Lipinski definition) is 4. The molecule has 1 saturated heterocycles. The van der Waals surface area contributed by atoms with Gasteiger partial charge in [0.1, 0.15) is 6.54 Å². The number of fused-ring (bicyclic) bond motifs is 1. The lowest BCUT2D eigenvalue weighted by Crippen LogP contribution is -2.42. The normalized spacial score (nSPS) is 16.8. The van der Waals surface area contributed by atoms with Gasteiger partial charge in [0.05, 0.1) is 0 Å². The maximum Gasteiger partial charge on any atom is 0.242 e. The third-order valence-corrected chi connectivity index (χ3v) is 4.30. The molecule has 0 spiro atoms. The first kappa shape index (κ1) is 15.6. The molecular weight excluding hydrogens is 296 g/mol. The molecule has 2 aliphatic rings. The number of nitrogens with zero attached hydrogens (tertiary/aromatic N) is 2. The van der Waals surface area contributed by atoms with Crippen LogP contribution in [0.4, 0.5) is 5.69 Å². The minimum absolute atomic E-state index is 0.000216. The molecule has 6 nitrogen and oxygen atoms in total. The van der Waals surface area contributed by atoms with E-state index in [2.05, 4.69) is 0 Å². The third-order valence-electron chi connectivity index (χ3n) is 4.30. The van der Waals surface area contributed by atoms with Crippen LogP contribution in [0, 0.1) is 0 Å². The van der Waals surface area contributed by atoms with Crippen LogP contribution in [0.3, 0.4) is 0 Å². The van der Waals surface area contributed by atoms with Crippen LogP contribution in [0.2, 0.25) is 0 Å². The first-order valence-electron chi connectivity index (χ1n) is 8.10. The second kappa shape index (κ2) is 6.89. The van der Waals surface area contributed by atoms with Crippen LogP contribution in [-0.2, 0) is 9.59 Å². The van der Waals surface area contributed by atoms with Crippen LogP contribution in [0.1, 0.15) is 32.6 Å². The molecule has 0 aromatic heterocycles. The predicted octanol–water partition coefficient (Wildman–Crippen LogP) is 2.17. The van der Waals surface area contributed by atoms with Crippen LogP contribution < -0.4 is 14.4 Å². The fourth-order valence-electron chi connectivity index (χ4n) is 2.99. The smallest absolute Gasteiger partial charge is 0.242 e. The minimum atomic E-state index is -0.160. The second-order valence-corrected chi connectivity index (χ2v) is 5.94. The number of carbonyl (C=O) groups excluding carboxylic acids is 2. The van der Waals surface area contributed by atoms with Crippen molar-refractivity contribution in [2.24, 2.45) is 0 Å². The van der Waals surface area contributed by atoms with Crippen LogP contribution >= 0.6 is 0 Å². The SMILES string of the molecule is CC(=O)N(CC(=O)N1CCCCCC1)c1ccc2c(c1)OCO2. The molecule has 124 valence electrons. The van der Waals surface area contributed by atoms with Crippen molar-refractivity contribution in [2.45, 2.75) is 32.6 Å². The molecule has 0 radical (unpaired) electrons. The molecular formula is C17H22N2O4. The van der Waals surface area contributed by atoms with E-state index >= 15 is 0 Å². The van der Waals surface area contributed by atoms with Crippen molar-refractivity contribution >= 4 is 17.5 Å². The van der Waals surface area contributed by atoms with Crippen LogP contribution in [0.5, 0.6) is 11.5 Å². The van der Waals surface area contributed by atoms with Crippen LogP contribution in [0.25, 0.3) is 0 Å². The number of carbonyl (C=O) groups is 2. The molecule has 2 heterocycles. The van der Waals surface area contributed by atoms with Crippen molar-refractivity contribution in [3.05, 3.63) is 18.2 Å². The van der Waals surface area contributed by atoms with Gasteiger partial charge < -0.3 is 19.3 Å². The molecule has 1 aromatic rings. The van der Waals surface area contributed by atoms with Gasteiger partial charge in [-0.25, -0.2) is 0 Å². The first-order chi connectivity index (χ1) is 11.1. The van der Waals surface area contributed by atoms with E-state index in [0.29, 0.717) is 17.2 Å². The Labute approximate surface area is 136 Å². The highest BCUT2D eigenvalue weighted by Gasteiger charge is 2.23. The topological polar surface area (TPSA) is 59.1 Å². The molecule has 2 aliphatic heterocycles. The summed E-state index contributed by atoms with van der Waals surface area (Å²) < 4.78 is 10.6. The Kier molecular flexibility index (Phi) is 4.69. The highest BCUT2D eigenvalue weighted by atomic mass is 16.7. The maximum absolute atomic E-state index is 12.5. The van der Waals surface area contributed by atoms with Crippen molar-refractivity contribution in [1.29, 1.82) is 0 Å². The monoisotopic (exact) mass is 318 g/mol. The molecule has 1 fully saturated rings. The molecule has 0 N–H and O–H groups in total. The highest BCUT2D eigenvalue weighted by Crippen LogP contribution is 2.35. The molecule has 6 heteroatoms. The van der Waals surface area contributed by atoms with Gasteiger partial charge >= 0.3 is 0 Å². The summed E-state index contributed by atoms with van der Waals surface area (Å²) in [6.07, 6.45) is 4.41. The molecule has 23 heavy (non-hydrogen) atoms. The van der Waals surface area contributed by atoms with Crippen molar-refractivity contribution < 1.29 is 19.1 Å². The first-order valence-corrected chi connectivity index (χ1v) is 8.10. The van der Waals surface area contributed by atoms with E-state index in [4.69, 9.17) is 9.47 Å². The minimum Gasteiger partial charge on any atom is -0.454 e. The number of anilines is 1. The Balaban J connectivity index is 1.73. The zero-order chi connectivity index (χ0) is 16.2. The Morgan fingerprint density at radius 1 is 1.09 bits per heavy atom. The van der Waals surface area contributed by atoms with Gasteiger partial charge in [0, 0.05) is 31.8 Å². The Morgan fingerprint density at radius 2 is 1.78 bits per heavy atom. The molecule has 0 saturated carbocycles. The number of benzene rings is 1. The highest BCUT2D eigenvalue weighted by molar-refractivity contribution is 5.97. The molecule has 0 atom stereocenters. The number of ether oxygens (including phenoxy) is 2. The van der Waals surface area contributed by atoms with Gasteiger partial charge in [-0.15, -0.1) is 0 Å². The summed E-state index contributed by atoms with van der Waals surface area (Å²) in [7, 11) is 0. The van der Waals surface area contributed by atoms with Gasteiger partial charge in [-0.2, -0.15) is 0 Å². The van der Waals surface area contributed by atoms with E-state index in [0.717, 1.165) is 25.9 Å². The average Bonchev–Trinajstić information content (AvgIpc) is 2.83. The number of hydrogen-bond donors (Lipinski definition) is 0. The Hall–Kier alpha value is -2.24. The van der Waals surface area contributed by atoms with E-state index < -0.39 is 0 Å². The van der Waals surface area contributed by atoms with Crippen molar-refractivity contribution in [2.75, 3.05) is 31.3 Å². The van der Waals surface area contributed by atoms with Crippen LogP contribution in [0.15, 0.2) is 18.2 Å². The molecule has 0 unspecified atom stereocenters. The largest absolute Gasteiger partial charge is 0.454 e. The quantitative estimate of drug-likeness (QED) is 0.857. The van der Waals surface area contributed by atoms with Gasteiger partial charge in [-0.3, -0.25) is 9.59 Å². The lowest BCUT2D eigenvalue weighted by Gasteiger charge is -2.26. The third kappa shape index (κ3) is 3.57. The van der Waals surface area contributed by atoms with E-state index in [9.17, 15) is 9.59 Å². The Morgan fingerprint density at radius 3 is 2.48 bits per heavy atom. The van der Waals surface area contributed by atoms with Gasteiger partial charge in [0.25, 0.3) is 0 Å². The standard InChI is InChI=1S/C17H22N2O4/c1-13(20)19(11-17(21)18-8-4-2-3-5-9-18)14-6-7-15-16(10-14)23-12-22-15/h6-7,10H,2-5,8-9,11-12H2,1H3. The summed E-state index contributed by atoms with van der Waals surface area (Å²) in [5.41, 5.74) is 0.657.